The molecule has 0 unspecified atom stereocenters. The van der Waals surface area contributed by atoms with Crippen LogP contribution in [0.15, 0.2) is 158 Å². The second kappa shape index (κ2) is 13.6. The van der Waals surface area contributed by atoms with Gasteiger partial charge in [-0.25, -0.2) is 0 Å². The summed E-state index contributed by atoms with van der Waals surface area (Å²) in [6.07, 6.45) is 6.59. The van der Waals surface area contributed by atoms with Crippen LogP contribution in [0.2, 0.25) is 0 Å². The Balaban J connectivity index is 1.35. The van der Waals surface area contributed by atoms with Crippen molar-refractivity contribution in [3.63, 3.8) is 0 Å². The first-order chi connectivity index (χ1) is 21.8. The second-order valence-corrected chi connectivity index (χ2v) is 15.1. The summed E-state index contributed by atoms with van der Waals surface area (Å²) >= 11 is 0. The number of hydrogen-bond acceptors (Lipinski definition) is 1. The van der Waals surface area contributed by atoms with Gasteiger partial charge in [-0.05, 0) is 78.0 Å². The van der Waals surface area contributed by atoms with E-state index in [0.717, 1.165) is 0 Å². The Morgan fingerprint density at radius 3 is 1.66 bits per heavy atom. The van der Waals surface area contributed by atoms with Crippen molar-refractivity contribution in [2.75, 3.05) is 7.11 Å². The topological polar surface area (TPSA) is 9.23 Å². The summed E-state index contributed by atoms with van der Waals surface area (Å²) in [5.74, 6) is 1.24. The fraction of sp³-hybridized carbons (Fsp3) is 0.0488. The molecule has 7 rings (SSSR count). The van der Waals surface area contributed by atoms with Gasteiger partial charge in [0.1, 0.15) is 0 Å². The SMILES string of the molecule is CO[C@H]([C]1[CH][CH][CH][C]1[P@@](c1ccccc1)c1cccc2ccccc12)c1ccccc1P(c1ccccc1)c1ccccc1. The summed E-state index contributed by atoms with van der Waals surface area (Å²) in [6, 6.07) is 57.2. The van der Waals surface area contributed by atoms with E-state index in [1.807, 2.05) is 7.11 Å². The van der Waals surface area contributed by atoms with E-state index >= 15 is 0 Å². The lowest BCUT2D eigenvalue weighted by atomic mass is 9.94. The molecule has 1 nitrogen and oxygen atoms in total. The summed E-state index contributed by atoms with van der Waals surface area (Å²) < 4.78 is 6.51. The lowest BCUT2D eigenvalue weighted by molar-refractivity contribution is 0.121. The monoisotopic (exact) mass is 603 g/mol. The molecule has 0 heterocycles. The van der Waals surface area contributed by atoms with Gasteiger partial charge in [-0.1, -0.05) is 158 Å². The van der Waals surface area contributed by atoms with E-state index < -0.39 is 15.8 Å². The summed E-state index contributed by atoms with van der Waals surface area (Å²) in [5.41, 5.74) is 2.56. The minimum atomic E-state index is -0.845. The first kappa shape index (κ1) is 29.1. The Bertz CT molecular complexity index is 1760. The first-order valence-electron chi connectivity index (χ1n) is 14.9. The van der Waals surface area contributed by atoms with E-state index in [4.69, 9.17) is 4.74 Å². The predicted molar refractivity (Wildman–Crippen MR) is 191 cm³/mol. The maximum Gasteiger partial charge on any atom is 0.0902 e. The molecule has 5 radical (unpaired) electrons. The summed E-state index contributed by atoms with van der Waals surface area (Å²) in [6.45, 7) is 0. The maximum absolute atomic E-state index is 6.51. The van der Waals surface area contributed by atoms with Crippen LogP contribution in [-0.4, -0.2) is 7.11 Å². The van der Waals surface area contributed by atoms with Crippen LogP contribution < -0.4 is 26.5 Å². The van der Waals surface area contributed by atoms with Gasteiger partial charge in [0.2, 0.25) is 0 Å². The standard InChI is InChI=1S/C41H33OP2/c1-42-41(36-26-13-14-28-39(36)43(32-19-5-2-6-20-32)33-21-7-3-8-22-33)37-27-16-30-40(37)44(34-23-9-4-10-24-34)38-29-15-18-31-17-11-12-25-35(31)38/h2-30,41H,1H3/t41-,44-/m0/s1. The fourth-order valence-electron chi connectivity index (χ4n) is 6.15. The van der Waals surface area contributed by atoms with E-state index in [-0.39, 0.29) is 6.10 Å². The molecule has 0 bridgehead atoms. The zero-order valence-electron chi connectivity index (χ0n) is 24.6. The lowest BCUT2D eigenvalue weighted by Gasteiger charge is -2.35. The van der Waals surface area contributed by atoms with E-state index in [1.54, 1.807) is 0 Å². The van der Waals surface area contributed by atoms with Crippen LogP contribution in [0.4, 0.5) is 0 Å². The molecule has 1 aliphatic rings. The highest BCUT2D eigenvalue weighted by atomic mass is 31.1. The Morgan fingerprint density at radius 2 is 1.00 bits per heavy atom. The molecule has 1 fully saturated rings. The largest absolute Gasteiger partial charge is 0.376 e. The van der Waals surface area contributed by atoms with Gasteiger partial charge < -0.3 is 4.74 Å². The highest BCUT2D eigenvalue weighted by molar-refractivity contribution is 7.80. The average Bonchev–Trinajstić information content (AvgIpc) is 3.56. The van der Waals surface area contributed by atoms with Crippen LogP contribution >= 0.6 is 15.8 Å². The molecule has 0 aliphatic heterocycles. The van der Waals surface area contributed by atoms with E-state index in [1.165, 1.54) is 54.4 Å². The number of hydrogen-bond donors (Lipinski definition) is 0. The average molecular weight is 604 g/mol. The highest BCUT2D eigenvalue weighted by Gasteiger charge is 2.43. The van der Waals surface area contributed by atoms with Crippen molar-refractivity contribution in [2.24, 2.45) is 0 Å². The van der Waals surface area contributed by atoms with Gasteiger partial charge in [-0.3, -0.25) is 0 Å². The smallest absolute Gasteiger partial charge is 0.0902 e. The van der Waals surface area contributed by atoms with Gasteiger partial charge in [0.05, 0.1) is 6.10 Å². The maximum atomic E-state index is 6.51. The third-order valence-corrected chi connectivity index (χ3v) is 13.2. The van der Waals surface area contributed by atoms with Crippen molar-refractivity contribution in [1.82, 2.24) is 0 Å². The molecule has 6 aromatic rings. The van der Waals surface area contributed by atoms with Gasteiger partial charge in [-0.15, -0.1) is 0 Å². The minimum absolute atomic E-state index is 0.211. The molecular formula is C41H33OP2. The van der Waals surface area contributed by atoms with Crippen LogP contribution in [0.5, 0.6) is 0 Å². The van der Waals surface area contributed by atoms with E-state index in [0.29, 0.717) is 0 Å². The molecule has 0 spiro atoms. The normalized spacial score (nSPS) is 15.5. The second-order valence-electron chi connectivity index (χ2n) is 10.7. The third-order valence-electron chi connectivity index (χ3n) is 8.10. The molecule has 0 N–H and O–H groups in total. The molecule has 2 atom stereocenters. The Labute approximate surface area is 264 Å². The van der Waals surface area contributed by atoms with Crippen LogP contribution in [-0.2, 0) is 4.74 Å². The number of rotatable bonds is 9. The quantitative estimate of drug-likeness (QED) is 0.152. The zero-order chi connectivity index (χ0) is 29.7. The van der Waals surface area contributed by atoms with Crippen LogP contribution in [0, 0.1) is 30.8 Å². The highest BCUT2D eigenvalue weighted by Crippen LogP contribution is 2.60. The van der Waals surface area contributed by atoms with Crippen LogP contribution in [0.3, 0.4) is 0 Å². The summed E-state index contributed by atoms with van der Waals surface area (Å²) in [4.78, 5) is 0. The minimum Gasteiger partial charge on any atom is -0.376 e. The van der Waals surface area contributed by atoms with Gasteiger partial charge in [0.15, 0.2) is 0 Å². The summed E-state index contributed by atoms with van der Waals surface area (Å²) in [7, 11) is 0.218. The van der Waals surface area contributed by atoms with Gasteiger partial charge in [0.25, 0.3) is 0 Å². The van der Waals surface area contributed by atoms with Gasteiger partial charge in [-0.2, -0.15) is 0 Å². The molecular weight excluding hydrogens is 570 g/mol. The van der Waals surface area contributed by atoms with Crippen molar-refractivity contribution in [2.45, 2.75) is 6.10 Å². The molecule has 1 saturated carbocycles. The Hall–Kier alpha value is -3.60. The van der Waals surface area contributed by atoms with E-state index in [9.17, 15) is 0 Å². The molecule has 0 saturated heterocycles. The third kappa shape index (κ3) is 5.78. The number of fused-ring (bicyclic) bond motifs is 1. The summed E-state index contributed by atoms with van der Waals surface area (Å²) in [5, 5.41) is 9.28. The number of ether oxygens (including phenoxy) is 1. The molecule has 213 valence electrons. The lowest BCUT2D eigenvalue weighted by Crippen LogP contribution is -2.28. The Kier molecular flexibility index (Phi) is 8.99. The van der Waals surface area contributed by atoms with Gasteiger partial charge in [0, 0.05) is 18.7 Å². The molecule has 44 heavy (non-hydrogen) atoms. The molecule has 6 aromatic carbocycles. The first-order valence-corrected chi connectivity index (χ1v) is 17.6. The van der Waals surface area contributed by atoms with Gasteiger partial charge >= 0.3 is 0 Å². The molecule has 1 aliphatic carbocycles. The predicted octanol–water partition coefficient (Wildman–Crippen LogP) is 8.15. The van der Waals surface area contributed by atoms with E-state index in [2.05, 4.69) is 177 Å². The molecule has 0 aromatic heterocycles. The fourth-order valence-corrected chi connectivity index (χ4v) is 11.3. The zero-order valence-corrected chi connectivity index (χ0v) is 26.4. The van der Waals surface area contributed by atoms with Crippen molar-refractivity contribution in [1.29, 1.82) is 0 Å². The van der Waals surface area contributed by atoms with Crippen molar-refractivity contribution >= 4 is 53.1 Å². The van der Waals surface area contributed by atoms with Crippen LogP contribution in [0.1, 0.15) is 11.7 Å². The van der Waals surface area contributed by atoms with Crippen molar-refractivity contribution in [3.05, 3.63) is 194 Å². The van der Waals surface area contributed by atoms with Crippen molar-refractivity contribution < 1.29 is 4.74 Å². The number of methoxy groups -OCH3 is 1. The molecule has 3 heteroatoms. The number of benzene rings is 6. The van der Waals surface area contributed by atoms with Crippen molar-refractivity contribution in [3.8, 4) is 0 Å². The Morgan fingerprint density at radius 1 is 0.477 bits per heavy atom. The van der Waals surface area contributed by atoms with Crippen LogP contribution in [0.25, 0.3) is 10.8 Å². The molecule has 0 amide bonds.